The number of rotatable bonds is 3. The standard InChI is InChI=1S/C40H27N3/c1-2-11-27(12-3-1)38-30-13-4-6-15-32(30)39(33-16-7-5-14-31(33)38)28-23-21-26(22-24-28)29-17-10-20-36-34(29)25-41-40-42-35-18-8-9-19-37(35)43(36)40/h1-25,29H,(H,41,42). The van der Waals surface area contributed by atoms with E-state index in [1.807, 2.05) is 6.07 Å². The Hall–Kier alpha value is -5.67. The van der Waals surface area contributed by atoms with Crippen LogP contribution < -0.4 is 5.32 Å². The first-order chi connectivity index (χ1) is 21.3. The van der Waals surface area contributed by atoms with Crippen LogP contribution >= 0.6 is 0 Å². The lowest BCUT2D eigenvalue weighted by Crippen LogP contribution is -2.17. The molecule has 1 N–H and O–H groups in total. The maximum atomic E-state index is 4.80. The molecule has 0 radical (unpaired) electrons. The number of aromatic nitrogens is 2. The Bertz CT molecular complexity index is 2240. The second kappa shape index (κ2) is 9.43. The van der Waals surface area contributed by atoms with Crippen LogP contribution in [0.25, 0.3) is 60.5 Å². The third-order valence-corrected chi connectivity index (χ3v) is 8.90. The van der Waals surface area contributed by atoms with Crippen molar-refractivity contribution in [2.45, 2.75) is 5.92 Å². The van der Waals surface area contributed by atoms with Gasteiger partial charge in [0, 0.05) is 17.7 Å². The molecular weight excluding hydrogens is 522 g/mol. The molecule has 9 rings (SSSR count). The lowest BCUT2D eigenvalue weighted by Gasteiger charge is -2.28. The number of imidazole rings is 1. The topological polar surface area (TPSA) is 29.9 Å². The molecule has 2 aliphatic rings. The molecule has 1 aliphatic heterocycles. The van der Waals surface area contributed by atoms with Gasteiger partial charge in [-0.2, -0.15) is 0 Å². The van der Waals surface area contributed by atoms with Crippen molar-refractivity contribution < 1.29 is 0 Å². The van der Waals surface area contributed by atoms with Crippen LogP contribution in [0, 0.1) is 0 Å². The highest BCUT2D eigenvalue weighted by Gasteiger charge is 2.27. The zero-order valence-electron chi connectivity index (χ0n) is 23.4. The van der Waals surface area contributed by atoms with Crippen molar-refractivity contribution in [2.24, 2.45) is 0 Å². The Kier molecular flexibility index (Phi) is 5.26. The number of hydrogen-bond donors (Lipinski definition) is 1. The summed E-state index contributed by atoms with van der Waals surface area (Å²) < 4.78 is 2.24. The molecule has 0 bridgehead atoms. The molecule has 3 nitrogen and oxygen atoms in total. The van der Waals surface area contributed by atoms with Gasteiger partial charge in [-0.05, 0) is 67.6 Å². The minimum atomic E-state index is 0.143. The van der Waals surface area contributed by atoms with E-state index in [9.17, 15) is 0 Å². The summed E-state index contributed by atoms with van der Waals surface area (Å²) in [5.74, 6) is 1.00. The van der Waals surface area contributed by atoms with Crippen molar-refractivity contribution >= 4 is 44.2 Å². The number of fused-ring (bicyclic) bond motifs is 7. The first kappa shape index (κ1) is 24.0. The number of allylic oxidation sites excluding steroid dienone is 5. The van der Waals surface area contributed by atoms with Crippen LogP contribution in [0.1, 0.15) is 11.5 Å². The van der Waals surface area contributed by atoms with Crippen molar-refractivity contribution in [2.75, 3.05) is 5.32 Å². The second-order valence-electron chi connectivity index (χ2n) is 11.2. The van der Waals surface area contributed by atoms with Gasteiger partial charge in [-0.1, -0.05) is 127 Å². The first-order valence-corrected chi connectivity index (χ1v) is 14.8. The maximum absolute atomic E-state index is 4.80. The Labute approximate surface area is 249 Å². The maximum Gasteiger partial charge on any atom is 0.212 e. The van der Waals surface area contributed by atoms with Crippen LogP contribution in [0.5, 0.6) is 0 Å². The number of para-hydroxylation sites is 2. The summed E-state index contributed by atoms with van der Waals surface area (Å²) in [6, 6.07) is 45.9. The Balaban J connectivity index is 1.16. The summed E-state index contributed by atoms with van der Waals surface area (Å²) in [5, 5.41) is 8.56. The van der Waals surface area contributed by atoms with Gasteiger partial charge in [0.25, 0.3) is 0 Å². The zero-order valence-corrected chi connectivity index (χ0v) is 23.4. The molecule has 2 heterocycles. The van der Waals surface area contributed by atoms with E-state index >= 15 is 0 Å². The molecule has 1 aromatic heterocycles. The number of anilines is 1. The smallest absolute Gasteiger partial charge is 0.212 e. The van der Waals surface area contributed by atoms with Gasteiger partial charge >= 0.3 is 0 Å². The fraction of sp³-hybridized carbons (Fsp3) is 0.0250. The van der Waals surface area contributed by atoms with E-state index in [2.05, 4.69) is 156 Å². The lowest BCUT2D eigenvalue weighted by molar-refractivity contribution is 0.956. The van der Waals surface area contributed by atoms with Crippen LogP contribution in [0.2, 0.25) is 0 Å². The molecule has 0 fully saturated rings. The number of nitrogens with one attached hydrogen (secondary N) is 1. The van der Waals surface area contributed by atoms with E-state index in [0.717, 1.165) is 17.0 Å². The summed E-state index contributed by atoms with van der Waals surface area (Å²) in [4.78, 5) is 4.80. The lowest BCUT2D eigenvalue weighted by atomic mass is 9.83. The zero-order chi connectivity index (χ0) is 28.3. The van der Waals surface area contributed by atoms with Gasteiger partial charge < -0.3 is 5.32 Å². The normalized spacial score (nSPS) is 15.6. The Morgan fingerprint density at radius 2 is 1.16 bits per heavy atom. The summed E-state index contributed by atoms with van der Waals surface area (Å²) in [7, 11) is 0. The van der Waals surface area contributed by atoms with Gasteiger partial charge in [-0.15, -0.1) is 0 Å². The van der Waals surface area contributed by atoms with Crippen LogP contribution in [-0.2, 0) is 0 Å². The first-order valence-electron chi connectivity index (χ1n) is 14.8. The van der Waals surface area contributed by atoms with Crippen LogP contribution in [0.3, 0.4) is 0 Å². The minimum absolute atomic E-state index is 0.143. The SMILES string of the molecule is C1=CC(c2ccc(-c3c4ccccc4c(-c4ccccc4)c4ccccc34)cc2)C2=CNc3nc4ccccc4n3C2=C1. The summed E-state index contributed by atoms with van der Waals surface area (Å²) in [6.45, 7) is 0. The van der Waals surface area contributed by atoms with Gasteiger partial charge in [0.15, 0.2) is 0 Å². The number of benzene rings is 6. The van der Waals surface area contributed by atoms with Crippen molar-refractivity contribution in [3.63, 3.8) is 0 Å². The van der Waals surface area contributed by atoms with E-state index < -0.39 is 0 Å². The van der Waals surface area contributed by atoms with Crippen molar-refractivity contribution in [1.29, 1.82) is 0 Å². The van der Waals surface area contributed by atoms with E-state index in [-0.39, 0.29) is 5.92 Å². The van der Waals surface area contributed by atoms with E-state index in [1.165, 1.54) is 60.6 Å². The summed E-state index contributed by atoms with van der Waals surface area (Å²) in [5.41, 5.74) is 10.8. The van der Waals surface area contributed by atoms with Crippen LogP contribution in [-0.4, -0.2) is 9.55 Å². The predicted molar refractivity (Wildman–Crippen MR) is 180 cm³/mol. The van der Waals surface area contributed by atoms with Gasteiger partial charge in [0.1, 0.15) is 0 Å². The summed E-state index contributed by atoms with van der Waals surface area (Å²) in [6.07, 6.45) is 8.79. The van der Waals surface area contributed by atoms with Crippen molar-refractivity contribution in [1.82, 2.24) is 9.55 Å². The molecule has 1 unspecified atom stereocenters. The molecule has 1 aliphatic carbocycles. The summed E-state index contributed by atoms with van der Waals surface area (Å²) >= 11 is 0. The van der Waals surface area contributed by atoms with Gasteiger partial charge in [0.05, 0.1) is 16.7 Å². The molecular formula is C40H27N3. The number of nitrogens with zero attached hydrogens (tertiary/aromatic N) is 2. The quantitative estimate of drug-likeness (QED) is 0.222. The van der Waals surface area contributed by atoms with Crippen molar-refractivity contribution in [3.05, 3.63) is 163 Å². The molecule has 0 saturated heterocycles. The minimum Gasteiger partial charge on any atom is -0.332 e. The molecule has 43 heavy (non-hydrogen) atoms. The van der Waals surface area contributed by atoms with Crippen molar-refractivity contribution in [3.8, 4) is 22.3 Å². The van der Waals surface area contributed by atoms with Crippen LogP contribution in [0.15, 0.2) is 157 Å². The molecule has 0 amide bonds. The third kappa shape index (κ3) is 3.65. The molecule has 202 valence electrons. The molecule has 0 spiro atoms. The monoisotopic (exact) mass is 549 g/mol. The highest BCUT2D eigenvalue weighted by Crippen LogP contribution is 2.45. The van der Waals surface area contributed by atoms with E-state index in [0.29, 0.717) is 0 Å². The molecule has 6 aromatic carbocycles. The van der Waals surface area contributed by atoms with Gasteiger partial charge in [0.2, 0.25) is 5.95 Å². The van der Waals surface area contributed by atoms with Crippen LogP contribution in [0.4, 0.5) is 5.95 Å². The second-order valence-corrected chi connectivity index (χ2v) is 11.2. The van der Waals surface area contributed by atoms with E-state index in [4.69, 9.17) is 4.98 Å². The fourth-order valence-corrected chi connectivity index (χ4v) is 7.00. The molecule has 7 aromatic rings. The average molecular weight is 550 g/mol. The van der Waals surface area contributed by atoms with E-state index in [1.54, 1.807) is 0 Å². The predicted octanol–water partition coefficient (Wildman–Crippen LogP) is 10.2. The third-order valence-electron chi connectivity index (χ3n) is 8.90. The Morgan fingerprint density at radius 3 is 1.84 bits per heavy atom. The highest BCUT2D eigenvalue weighted by molar-refractivity contribution is 6.21. The molecule has 3 heteroatoms. The average Bonchev–Trinajstić information content (AvgIpc) is 3.47. The highest BCUT2D eigenvalue weighted by atomic mass is 15.2. The molecule has 0 saturated carbocycles. The molecule has 1 atom stereocenters. The van der Waals surface area contributed by atoms with Gasteiger partial charge in [-0.3, -0.25) is 4.57 Å². The largest absolute Gasteiger partial charge is 0.332 e. The number of hydrogen-bond acceptors (Lipinski definition) is 2. The van der Waals surface area contributed by atoms with Gasteiger partial charge in [-0.25, -0.2) is 4.98 Å². The fourth-order valence-electron chi connectivity index (χ4n) is 7.00. The Morgan fingerprint density at radius 1 is 0.581 bits per heavy atom.